The number of fused-ring (bicyclic) bond motifs is 1. The van der Waals surface area contributed by atoms with Crippen molar-refractivity contribution in [2.75, 3.05) is 20.2 Å². The van der Waals surface area contributed by atoms with Crippen molar-refractivity contribution < 1.29 is 28.6 Å². The SMILES string of the molecule is COc1cc2nccc(Oc3ccc(CC(=O)N4CC(O)C4)c(Cl)c3F)c2cc1C(N)=O. The van der Waals surface area contributed by atoms with Gasteiger partial charge in [0.2, 0.25) is 5.91 Å². The Morgan fingerprint density at radius 2 is 2.00 bits per heavy atom. The molecule has 0 bridgehead atoms. The Bertz CT molecular complexity index is 1230. The largest absolute Gasteiger partial charge is 0.496 e. The highest BCUT2D eigenvalue weighted by molar-refractivity contribution is 6.31. The Labute approximate surface area is 187 Å². The number of pyridine rings is 1. The van der Waals surface area contributed by atoms with Crippen LogP contribution in [0.1, 0.15) is 15.9 Å². The number of primary amides is 1. The quantitative estimate of drug-likeness (QED) is 0.585. The summed E-state index contributed by atoms with van der Waals surface area (Å²) in [5, 5.41) is 9.52. The van der Waals surface area contributed by atoms with Gasteiger partial charge >= 0.3 is 0 Å². The van der Waals surface area contributed by atoms with Crippen LogP contribution in [0.25, 0.3) is 10.9 Å². The second kappa shape index (κ2) is 8.60. The van der Waals surface area contributed by atoms with Crippen molar-refractivity contribution in [2.24, 2.45) is 5.73 Å². The van der Waals surface area contributed by atoms with E-state index in [2.05, 4.69) is 4.98 Å². The lowest BCUT2D eigenvalue weighted by atomic mass is 10.1. The fourth-order valence-electron chi connectivity index (χ4n) is 3.44. The van der Waals surface area contributed by atoms with E-state index in [1.54, 1.807) is 0 Å². The number of hydrogen-bond donors (Lipinski definition) is 2. The van der Waals surface area contributed by atoms with E-state index in [-0.39, 0.29) is 53.3 Å². The second-order valence-electron chi connectivity index (χ2n) is 7.33. The smallest absolute Gasteiger partial charge is 0.252 e. The third-order valence-electron chi connectivity index (χ3n) is 5.19. The molecule has 1 aromatic heterocycles. The van der Waals surface area contributed by atoms with Crippen molar-refractivity contribution in [3.63, 3.8) is 0 Å². The number of β-amino-alcohol motifs (C(OH)–C–C–N with tert-alkyl or cyclic N) is 1. The van der Waals surface area contributed by atoms with Gasteiger partial charge in [0.25, 0.3) is 5.91 Å². The maximum atomic E-state index is 15.0. The highest BCUT2D eigenvalue weighted by atomic mass is 35.5. The number of hydrogen-bond acceptors (Lipinski definition) is 6. The minimum absolute atomic E-state index is 0.0945. The Morgan fingerprint density at radius 1 is 1.25 bits per heavy atom. The first-order valence-corrected chi connectivity index (χ1v) is 10.0. The van der Waals surface area contributed by atoms with Crippen molar-refractivity contribution in [3.05, 3.63) is 58.5 Å². The number of rotatable bonds is 6. The summed E-state index contributed by atoms with van der Waals surface area (Å²) in [7, 11) is 1.40. The van der Waals surface area contributed by atoms with E-state index in [0.29, 0.717) is 16.5 Å². The molecule has 1 fully saturated rings. The number of methoxy groups -OCH3 is 1. The zero-order chi connectivity index (χ0) is 23.0. The van der Waals surface area contributed by atoms with Crippen LogP contribution >= 0.6 is 11.6 Å². The van der Waals surface area contributed by atoms with Crippen molar-refractivity contribution in [3.8, 4) is 17.2 Å². The first-order valence-electron chi connectivity index (χ1n) is 9.65. The first kappa shape index (κ1) is 21.8. The molecule has 1 aliphatic rings. The average Bonchev–Trinajstić information content (AvgIpc) is 2.75. The fourth-order valence-corrected chi connectivity index (χ4v) is 3.66. The molecule has 1 saturated heterocycles. The predicted octanol–water partition coefficient (Wildman–Crippen LogP) is 2.67. The third-order valence-corrected chi connectivity index (χ3v) is 5.60. The fraction of sp³-hybridized carbons (Fsp3) is 0.227. The van der Waals surface area contributed by atoms with Gasteiger partial charge < -0.3 is 25.2 Å². The Balaban J connectivity index is 1.64. The van der Waals surface area contributed by atoms with Gasteiger partial charge in [-0.3, -0.25) is 14.6 Å². The average molecular weight is 460 g/mol. The monoisotopic (exact) mass is 459 g/mol. The zero-order valence-electron chi connectivity index (χ0n) is 17.0. The number of nitrogens with zero attached hydrogens (tertiary/aromatic N) is 2. The van der Waals surface area contributed by atoms with Crippen molar-refractivity contribution >= 4 is 34.3 Å². The number of ether oxygens (including phenoxy) is 2. The summed E-state index contributed by atoms with van der Waals surface area (Å²) in [6, 6.07) is 7.40. The van der Waals surface area contributed by atoms with Crippen LogP contribution in [0.15, 0.2) is 36.5 Å². The number of benzene rings is 2. The van der Waals surface area contributed by atoms with Crippen LogP contribution in [0, 0.1) is 5.82 Å². The van der Waals surface area contributed by atoms with E-state index >= 15 is 0 Å². The normalized spacial score (nSPS) is 13.7. The summed E-state index contributed by atoms with van der Waals surface area (Å²) in [5.74, 6) is -1.44. The molecule has 3 N–H and O–H groups in total. The van der Waals surface area contributed by atoms with Crippen LogP contribution in [0.3, 0.4) is 0 Å². The van der Waals surface area contributed by atoms with Crippen LogP contribution < -0.4 is 15.2 Å². The van der Waals surface area contributed by atoms with E-state index < -0.39 is 17.8 Å². The minimum atomic E-state index is -0.825. The number of likely N-dealkylation sites (tertiary alicyclic amines) is 1. The van der Waals surface area contributed by atoms with E-state index in [1.807, 2.05) is 0 Å². The highest BCUT2D eigenvalue weighted by Crippen LogP contribution is 2.36. The first-order chi connectivity index (χ1) is 15.3. The van der Waals surface area contributed by atoms with Gasteiger partial charge in [0.05, 0.1) is 35.7 Å². The van der Waals surface area contributed by atoms with E-state index in [4.69, 9.17) is 26.8 Å². The topological polar surface area (TPSA) is 115 Å². The van der Waals surface area contributed by atoms with Gasteiger partial charge in [0.15, 0.2) is 11.6 Å². The number of aromatic nitrogens is 1. The molecule has 0 radical (unpaired) electrons. The molecule has 0 atom stereocenters. The lowest BCUT2D eigenvalue weighted by Crippen LogP contribution is -2.53. The summed E-state index contributed by atoms with van der Waals surface area (Å²) in [6.07, 6.45) is 0.852. The molecular weight excluding hydrogens is 441 g/mol. The predicted molar refractivity (Wildman–Crippen MR) is 115 cm³/mol. The van der Waals surface area contributed by atoms with Crippen LogP contribution in [0.4, 0.5) is 4.39 Å². The molecule has 0 aliphatic carbocycles. The third kappa shape index (κ3) is 4.04. The van der Waals surface area contributed by atoms with Crippen LogP contribution in [-0.4, -0.2) is 53.1 Å². The number of nitrogens with two attached hydrogens (primary N) is 1. The Hall–Kier alpha value is -3.43. The van der Waals surface area contributed by atoms with Gasteiger partial charge in [0.1, 0.15) is 11.5 Å². The number of amides is 2. The molecule has 8 nitrogen and oxygen atoms in total. The summed E-state index contributed by atoms with van der Waals surface area (Å²) in [6.45, 7) is 0.515. The molecule has 1 aliphatic heterocycles. The lowest BCUT2D eigenvalue weighted by molar-refractivity contribution is -0.140. The number of carbonyl (C=O) groups excluding carboxylic acids is 2. The Morgan fingerprint density at radius 3 is 2.66 bits per heavy atom. The van der Waals surface area contributed by atoms with Gasteiger partial charge in [-0.05, 0) is 23.8 Å². The molecule has 10 heteroatoms. The van der Waals surface area contributed by atoms with Crippen LogP contribution in [-0.2, 0) is 11.2 Å². The molecule has 2 heterocycles. The highest BCUT2D eigenvalue weighted by Gasteiger charge is 2.29. The van der Waals surface area contributed by atoms with Gasteiger partial charge in [-0.2, -0.15) is 0 Å². The van der Waals surface area contributed by atoms with Crippen molar-refractivity contribution in [1.29, 1.82) is 0 Å². The molecule has 2 aromatic carbocycles. The second-order valence-corrected chi connectivity index (χ2v) is 7.70. The van der Waals surface area contributed by atoms with Crippen LogP contribution in [0.5, 0.6) is 17.2 Å². The van der Waals surface area contributed by atoms with E-state index in [1.165, 1.54) is 48.5 Å². The zero-order valence-corrected chi connectivity index (χ0v) is 17.7. The summed E-state index contributed by atoms with van der Waals surface area (Å²) >= 11 is 6.16. The lowest BCUT2D eigenvalue weighted by Gasteiger charge is -2.36. The molecule has 32 heavy (non-hydrogen) atoms. The molecule has 3 aromatic rings. The molecule has 4 rings (SSSR count). The molecule has 2 amide bonds. The standard InChI is InChI=1S/C22H19ClFN3O5/c1-31-18-8-15-13(7-14(18)22(25)30)16(4-5-26-15)32-17-3-2-11(20(23)21(17)24)6-19(29)27-9-12(28)10-27/h2-5,7-8,12,28H,6,9-10H2,1H3,(H2,25,30). The number of halogens is 2. The molecule has 0 unspecified atom stereocenters. The maximum Gasteiger partial charge on any atom is 0.252 e. The van der Waals surface area contributed by atoms with Crippen LogP contribution in [0.2, 0.25) is 5.02 Å². The molecule has 0 saturated carbocycles. The molecule has 0 spiro atoms. The van der Waals surface area contributed by atoms with Gasteiger partial charge in [0, 0.05) is 30.7 Å². The Kier molecular flexibility index (Phi) is 5.86. The number of aliphatic hydroxyl groups is 1. The molecule has 166 valence electrons. The van der Waals surface area contributed by atoms with E-state index in [0.717, 1.165) is 0 Å². The summed E-state index contributed by atoms with van der Waals surface area (Å²) in [4.78, 5) is 29.7. The molecular formula is C22H19ClFN3O5. The minimum Gasteiger partial charge on any atom is -0.496 e. The van der Waals surface area contributed by atoms with Gasteiger partial charge in [-0.1, -0.05) is 17.7 Å². The van der Waals surface area contributed by atoms with Gasteiger partial charge in [-0.25, -0.2) is 4.39 Å². The van der Waals surface area contributed by atoms with E-state index in [9.17, 15) is 19.1 Å². The summed E-state index contributed by atoms with van der Waals surface area (Å²) in [5.41, 5.74) is 6.31. The van der Waals surface area contributed by atoms with Crippen molar-refractivity contribution in [2.45, 2.75) is 12.5 Å². The number of aliphatic hydroxyl groups excluding tert-OH is 1. The van der Waals surface area contributed by atoms with Gasteiger partial charge in [-0.15, -0.1) is 0 Å². The maximum absolute atomic E-state index is 15.0. The number of carbonyl (C=O) groups is 2. The summed E-state index contributed by atoms with van der Waals surface area (Å²) < 4.78 is 25.9. The van der Waals surface area contributed by atoms with Crippen molar-refractivity contribution in [1.82, 2.24) is 9.88 Å².